The molecule has 0 spiro atoms. The molecule has 0 aromatic heterocycles. The first-order valence-corrected chi connectivity index (χ1v) is 19.0. The van der Waals surface area contributed by atoms with E-state index in [1.165, 1.54) is 0 Å². The predicted octanol–water partition coefficient (Wildman–Crippen LogP) is 5.23. The standard InChI is InChI=1S/C42H82N10/c1-18-33(28-38(3,4)43-13)49-24-21-35(30-40(7,8)45-15)51-26-23-37(32-42(11,12)47-17)52-27-22-36(31-41(9,10)46-16)50-25-20-34(48-19-2)29-39(5,6)44-14/h18-27,32-36,43-52H,1-2,28-31H2,3-17H3/b24-21?,25-20?,26-23?,27-22?,37-32-. The Labute approximate surface area is 320 Å². The van der Waals surface area contributed by atoms with Crippen LogP contribution in [0.4, 0.5) is 0 Å². The van der Waals surface area contributed by atoms with Gasteiger partial charge in [0.15, 0.2) is 0 Å². The third kappa shape index (κ3) is 22.8. The smallest absolute Gasteiger partial charge is 0.0473 e. The van der Waals surface area contributed by atoms with Crippen molar-refractivity contribution in [1.29, 1.82) is 0 Å². The lowest BCUT2D eigenvalue weighted by Gasteiger charge is -2.29. The molecule has 0 bridgehead atoms. The molecular weight excluding hydrogens is 645 g/mol. The molecule has 0 amide bonds. The van der Waals surface area contributed by atoms with Crippen molar-refractivity contribution in [3.8, 4) is 0 Å². The minimum absolute atomic E-state index is 0.00492. The molecule has 4 unspecified atom stereocenters. The van der Waals surface area contributed by atoms with Crippen molar-refractivity contribution in [2.75, 3.05) is 35.2 Å². The summed E-state index contributed by atoms with van der Waals surface area (Å²) < 4.78 is 0. The van der Waals surface area contributed by atoms with Crippen molar-refractivity contribution in [2.45, 2.75) is 147 Å². The van der Waals surface area contributed by atoms with Gasteiger partial charge >= 0.3 is 0 Å². The Balaban J connectivity index is 6.17. The molecule has 0 rings (SSSR count). The van der Waals surface area contributed by atoms with Gasteiger partial charge in [0.05, 0.1) is 0 Å². The average molecular weight is 727 g/mol. The Bertz CT molecular complexity index is 1160. The van der Waals surface area contributed by atoms with E-state index in [0.717, 1.165) is 31.4 Å². The molecule has 0 aromatic rings. The highest BCUT2D eigenvalue weighted by Gasteiger charge is 2.23. The van der Waals surface area contributed by atoms with E-state index in [0.29, 0.717) is 0 Å². The van der Waals surface area contributed by atoms with Crippen LogP contribution in [0.3, 0.4) is 0 Å². The van der Waals surface area contributed by atoms with E-state index < -0.39 is 0 Å². The molecule has 0 aliphatic rings. The summed E-state index contributed by atoms with van der Waals surface area (Å²) in [5.74, 6) is 0. The molecule has 0 saturated heterocycles. The van der Waals surface area contributed by atoms with Crippen LogP contribution in [0.1, 0.15) is 94.9 Å². The summed E-state index contributed by atoms with van der Waals surface area (Å²) in [5, 5.41) is 34.8. The number of rotatable bonds is 29. The zero-order valence-corrected chi connectivity index (χ0v) is 35.9. The molecular formula is C42H82N10. The molecule has 0 aliphatic carbocycles. The summed E-state index contributed by atoms with van der Waals surface area (Å²) in [6, 6.07) is 0.470. The van der Waals surface area contributed by atoms with E-state index in [9.17, 15) is 0 Å². The fourth-order valence-electron chi connectivity index (χ4n) is 5.23. The third-order valence-electron chi connectivity index (χ3n) is 9.83. The molecule has 0 aromatic carbocycles. The van der Waals surface area contributed by atoms with Gasteiger partial charge in [0.25, 0.3) is 0 Å². The number of nitrogens with one attached hydrogen (secondary N) is 10. The zero-order chi connectivity index (χ0) is 40.1. The second-order valence-corrected chi connectivity index (χ2v) is 17.0. The highest BCUT2D eigenvalue weighted by atomic mass is 15.0. The Morgan fingerprint density at radius 3 is 1.23 bits per heavy atom. The van der Waals surface area contributed by atoms with Crippen molar-refractivity contribution in [2.24, 2.45) is 0 Å². The van der Waals surface area contributed by atoms with Crippen molar-refractivity contribution in [1.82, 2.24) is 53.2 Å². The highest BCUT2D eigenvalue weighted by Crippen LogP contribution is 2.16. The molecule has 0 heterocycles. The Kier molecular flexibility index (Phi) is 22.2. The molecule has 0 aliphatic heterocycles. The van der Waals surface area contributed by atoms with Crippen molar-refractivity contribution >= 4 is 0 Å². The maximum Gasteiger partial charge on any atom is 0.0473 e. The number of hydrogen-bond donors (Lipinski definition) is 10. The summed E-state index contributed by atoms with van der Waals surface area (Å²) in [5.41, 5.74) is 0.629. The Morgan fingerprint density at radius 1 is 0.481 bits per heavy atom. The van der Waals surface area contributed by atoms with Gasteiger partial charge in [0, 0.05) is 57.6 Å². The van der Waals surface area contributed by atoms with E-state index in [1.807, 2.05) is 53.7 Å². The number of hydrogen-bond acceptors (Lipinski definition) is 10. The Hall–Kier alpha value is -3.02. The molecule has 52 heavy (non-hydrogen) atoms. The summed E-state index contributed by atoms with van der Waals surface area (Å²) >= 11 is 0. The van der Waals surface area contributed by atoms with Gasteiger partial charge in [-0.05, 0) is 192 Å². The van der Waals surface area contributed by atoms with Gasteiger partial charge in [-0.25, -0.2) is 0 Å². The van der Waals surface area contributed by atoms with E-state index in [2.05, 4.69) is 178 Å². The van der Waals surface area contributed by atoms with Crippen molar-refractivity contribution in [3.05, 3.63) is 86.3 Å². The van der Waals surface area contributed by atoms with Gasteiger partial charge in [-0.15, -0.1) is 6.58 Å². The second kappa shape index (κ2) is 23.6. The van der Waals surface area contributed by atoms with Gasteiger partial charge in [-0.3, -0.25) is 0 Å². The Morgan fingerprint density at radius 2 is 0.846 bits per heavy atom. The van der Waals surface area contributed by atoms with Crippen LogP contribution in [0.5, 0.6) is 0 Å². The van der Waals surface area contributed by atoms with Crippen molar-refractivity contribution in [3.63, 3.8) is 0 Å². The first-order chi connectivity index (χ1) is 24.1. The maximum absolute atomic E-state index is 4.05. The van der Waals surface area contributed by atoms with Crippen LogP contribution < -0.4 is 53.2 Å². The van der Waals surface area contributed by atoms with Gasteiger partial charge in [0.1, 0.15) is 0 Å². The lowest BCUT2D eigenvalue weighted by molar-refractivity contribution is 0.360. The van der Waals surface area contributed by atoms with Crippen LogP contribution >= 0.6 is 0 Å². The SMILES string of the molecule is C=CNC(C=CNC(C=CN/C(C=CNC(C=CNC(C=C)CC(C)(C)NC)CC(C)(C)NC)=C\C(C)(C)NC)CC(C)(C)NC)CC(C)(C)NC. The van der Waals surface area contributed by atoms with Crippen molar-refractivity contribution < 1.29 is 0 Å². The quantitative estimate of drug-likeness (QED) is 0.0371. The molecule has 300 valence electrons. The van der Waals surface area contributed by atoms with Crippen LogP contribution in [0, 0.1) is 0 Å². The largest absolute Gasteiger partial charge is 0.385 e. The molecule has 0 fully saturated rings. The molecule has 10 N–H and O–H groups in total. The number of likely N-dealkylation sites (N-methyl/N-ethyl adjacent to an activating group) is 1. The molecule has 4 atom stereocenters. The third-order valence-corrected chi connectivity index (χ3v) is 9.83. The monoisotopic (exact) mass is 727 g/mol. The highest BCUT2D eigenvalue weighted by molar-refractivity contribution is 5.24. The van der Waals surface area contributed by atoms with Gasteiger partial charge in [-0.1, -0.05) is 12.7 Å². The van der Waals surface area contributed by atoms with Crippen LogP contribution in [-0.2, 0) is 0 Å². The summed E-state index contributed by atoms with van der Waals surface area (Å²) in [4.78, 5) is 0. The van der Waals surface area contributed by atoms with E-state index in [1.54, 1.807) is 6.20 Å². The molecule has 0 saturated carbocycles. The lowest BCUT2D eigenvalue weighted by Crippen LogP contribution is -2.43. The predicted molar refractivity (Wildman–Crippen MR) is 230 cm³/mol. The summed E-state index contributed by atoms with van der Waals surface area (Å²) in [6.07, 6.45) is 26.4. The number of allylic oxidation sites excluding steroid dienone is 1. The van der Waals surface area contributed by atoms with Gasteiger partial charge < -0.3 is 53.2 Å². The molecule has 0 radical (unpaired) electrons. The zero-order valence-electron chi connectivity index (χ0n) is 35.9. The van der Waals surface area contributed by atoms with E-state index >= 15 is 0 Å². The molecule has 10 heteroatoms. The van der Waals surface area contributed by atoms with E-state index in [-0.39, 0.29) is 51.9 Å². The van der Waals surface area contributed by atoms with Crippen LogP contribution in [0.25, 0.3) is 0 Å². The average Bonchev–Trinajstić information content (AvgIpc) is 3.06. The summed E-state index contributed by atoms with van der Waals surface area (Å²) in [7, 11) is 9.99. The van der Waals surface area contributed by atoms with Gasteiger partial charge in [0.2, 0.25) is 0 Å². The minimum atomic E-state index is -0.221. The fraction of sp³-hybridized carbons (Fsp3) is 0.667. The van der Waals surface area contributed by atoms with Crippen LogP contribution in [0.15, 0.2) is 86.3 Å². The van der Waals surface area contributed by atoms with Crippen LogP contribution in [0.2, 0.25) is 0 Å². The van der Waals surface area contributed by atoms with E-state index in [4.69, 9.17) is 0 Å². The first kappa shape index (κ1) is 49.0. The summed E-state index contributed by atoms with van der Waals surface area (Å²) in [6.45, 7) is 29.9. The fourth-order valence-corrected chi connectivity index (χ4v) is 5.23. The first-order valence-electron chi connectivity index (χ1n) is 19.0. The lowest BCUT2D eigenvalue weighted by atomic mass is 9.94. The second-order valence-electron chi connectivity index (χ2n) is 17.0. The van der Waals surface area contributed by atoms with Crippen LogP contribution in [-0.4, -0.2) is 87.1 Å². The topological polar surface area (TPSA) is 120 Å². The minimum Gasteiger partial charge on any atom is -0.385 e. The molecule has 10 nitrogen and oxygen atoms in total. The van der Waals surface area contributed by atoms with Gasteiger partial charge in [-0.2, -0.15) is 0 Å². The normalized spacial score (nSPS) is 16.3. The maximum atomic E-state index is 4.05.